The third-order valence-electron chi connectivity index (χ3n) is 4.78. The van der Waals surface area contributed by atoms with E-state index in [9.17, 15) is 18.0 Å². The Labute approximate surface area is 189 Å². The maximum Gasteiger partial charge on any atom is 0.274 e. The highest BCUT2D eigenvalue weighted by Gasteiger charge is 2.46. The molecule has 0 aromatic heterocycles. The van der Waals surface area contributed by atoms with Crippen molar-refractivity contribution < 1.29 is 22.7 Å². The van der Waals surface area contributed by atoms with Gasteiger partial charge in [0.25, 0.3) is 21.8 Å². The van der Waals surface area contributed by atoms with E-state index in [0.29, 0.717) is 11.3 Å². The lowest BCUT2D eigenvalue weighted by atomic mass is 10.1. The van der Waals surface area contributed by atoms with Crippen LogP contribution in [0.2, 0.25) is 0 Å². The van der Waals surface area contributed by atoms with Crippen LogP contribution in [-0.4, -0.2) is 43.1 Å². The van der Waals surface area contributed by atoms with Crippen molar-refractivity contribution >= 4 is 61.4 Å². The summed E-state index contributed by atoms with van der Waals surface area (Å²) < 4.78 is 32.9. The summed E-state index contributed by atoms with van der Waals surface area (Å²) in [7, 11) is -2.76. The molecule has 31 heavy (non-hydrogen) atoms. The second kappa shape index (κ2) is 7.95. The number of rotatable bonds is 5. The summed E-state index contributed by atoms with van der Waals surface area (Å²) in [5, 5.41) is 0. The topological polar surface area (TPSA) is 84.0 Å². The molecule has 0 unspecified atom stereocenters. The Morgan fingerprint density at radius 3 is 2.42 bits per heavy atom. The fourth-order valence-corrected chi connectivity index (χ4v) is 6.10. The first kappa shape index (κ1) is 21.3. The van der Waals surface area contributed by atoms with Gasteiger partial charge in [-0.15, -0.1) is 6.58 Å². The van der Waals surface area contributed by atoms with Gasteiger partial charge in [0.1, 0.15) is 10.1 Å². The minimum atomic E-state index is -4.23. The van der Waals surface area contributed by atoms with Crippen molar-refractivity contribution in [2.45, 2.75) is 4.90 Å². The van der Waals surface area contributed by atoms with Gasteiger partial charge in [-0.25, -0.2) is 8.42 Å². The van der Waals surface area contributed by atoms with Gasteiger partial charge in [0.15, 0.2) is 0 Å². The quantitative estimate of drug-likeness (QED) is 0.375. The minimum absolute atomic E-state index is 0.0246. The van der Waals surface area contributed by atoms with Crippen molar-refractivity contribution in [3.63, 3.8) is 0 Å². The zero-order valence-corrected chi connectivity index (χ0v) is 18.7. The fourth-order valence-electron chi connectivity index (χ4n) is 3.34. The SMILES string of the molecule is C=CCN1C(=O)/C(=C2\C(=O)N(S(=O)(=O)c3ccc(OC)cc3)c3ccccc32)SC1=S. The summed E-state index contributed by atoms with van der Waals surface area (Å²) in [4.78, 5) is 27.7. The summed E-state index contributed by atoms with van der Waals surface area (Å²) in [6.45, 7) is 3.81. The molecule has 7 nitrogen and oxygen atoms in total. The highest BCUT2D eigenvalue weighted by Crippen LogP contribution is 2.46. The molecule has 0 spiro atoms. The Bertz CT molecular complexity index is 1270. The van der Waals surface area contributed by atoms with E-state index < -0.39 is 21.8 Å². The first-order chi connectivity index (χ1) is 14.8. The number of sulfonamides is 1. The van der Waals surface area contributed by atoms with Gasteiger partial charge < -0.3 is 4.74 Å². The third-order valence-corrected chi connectivity index (χ3v) is 7.94. The predicted octanol–water partition coefficient (Wildman–Crippen LogP) is 3.19. The number of amides is 2. The smallest absolute Gasteiger partial charge is 0.274 e. The molecule has 2 aliphatic rings. The fraction of sp³-hybridized carbons (Fsp3) is 0.0952. The number of methoxy groups -OCH3 is 1. The number of thiocarbonyl (C=S) groups is 1. The molecule has 0 bridgehead atoms. The molecule has 1 saturated heterocycles. The molecule has 4 rings (SSSR count). The zero-order chi connectivity index (χ0) is 22.3. The summed E-state index contributed by atoms with van der Waals surface area (Å²) in [5.41, 5.74) is 0.576. The number of fused-ring (bicyclic) bond motifs is 1. The van der Waals surface area contributed by atoms with E-state index in [1.807, 2.05) is 0 Å². The van der Waals surface area contributed by atoms with E-state index in [4.69, 9.17) is 17.0 Å². The molecular formula is C21H16N2O5S3. The van der Waals surface area contributed by atoms with E-state index in [1.54, 1.807) is 18.2 Å². The van der Waals surface area contributed by atoms with Crippen LogP contribution in [0.25, 0.3) is 5.57 Å². The van der Waals surface area contributed by atoms with Gasteiger partial charge in [-0.1, -0.05) is 48.3 Å². The maximum atomic E-state index is 13.4. The van der Waals surface area contributed by atoms with Gasteiger partial charge in [0, 0.05) is 12.1 Å². The van der Waals surface area contributed by atoms with E-state index in [2.05, 4.69) is 6.58 Å². The Balaban J connectivity index is 1.86. The average Bonchev–Trinajstić information content (AvgIpc) is 3.21. The normalized spacial score (nSPS) is 18.5. The second-order valence-electron chi connectivity index (χ2n) is 6.54. The lowest BCUT2D eigenvalue weighted by Crippen LogP contribution is -2.34. The zero-order valence-electron chi connectivity index (χ0n) is 16.3. The Hall–Kier alpha value is -2.95. The predicted molar refractivity (Wildman–Crippen MR) is 123 cm³/mol. The summed E-state index contributed by atoms with van der Waals surface area (Å²) in [6.07, 6.45) is 1.53. The molecule has 2 aromatic carbocycles. The van der Waals surface area contributed by atoms with E-state index in [1.165, 1.54) is 48.4 Å². The average molecular weight is 473 g/mol. The molecule has 2 heterocycles. The van der Waals surface area contributed by atoms with E-state index in [-0.39, 0.29) is 31.9 Å². The van der Waals surface area contributed by atoms with E-state index in [0.717, 1.165) is 16.1 Å². The van der Waals surface area contributed by atoms with Crippen LogP contribution >= 0.6 is 24.0 Å². The van der Waals surface area contributed by atoms with Crippen LogP contribution in [0.3, 0.4) is 0 Å². The van der Waals surface area contributed by atoms with Gasteiger partial charge >= 0.3 is 0 Å². The monoisotopic (exact) mass is 472 g/mol. The molecule has 0 saturated carbocycles. The molecule has 0 aliphatic carbocycles. The molecule has 0 radical (unpaired) electrons. The Morgan fingerprint density at radius 1 is 1.10 bits per heavy atom. The van der Waals surface area contributed by atoms with Gasteiger partial charge in [-0.3, -0.25) is 14.5 Å². The number of para-hydroxylation sites is 1. The number of anilines is 1. The summed E-state index contributed by atoms with van der Waals surface area (Å²) in [5.74, 6) is -0.758. The number of carbonyl (C=O) groups excluding carboxylic acids is 2. The third kappa shape index (κ3) is 3.36. The molecule has 2 aromatic rings. The van der Waals surface area contributed by atoms with Crippen LogP contribution in [0, 0.1) is 0 Å². The van der Waals surface area contributed by atoms with Crippen LogP contribution in [0.4, 0.5) is 5.69 Å². The van der Waals surface area contributed by atoms with Gasteiger partial charge in [-0.2, -0.15) is 4.31 Å². The first-order valence-electron chi connectivity index (χ1n) is 9.03. The van der Waals surface area contributed by atoms with Crippen LogP contribution in [-0.2, 0) is 19.6 Å². The highest BCUT2D eigenvalue weighted by molar-refractivity contribution is 8.26. The molecule has 10 heteroatoms. The van der Waals surface area contributed by atoms with Gasteiger partial charge in [0.2, 0.25) is 0 Å². The number of nitrogens with zero attached hydrogens (tertiary/aromatic N) is 2. The number of ether oxygens (including phenoxy) is 1. The standard InChI is InChI=1S/C21H16N2O5S3/c1-3-12-22-20(25)18(30-21(22)29)17-15-6-4-5-7-16(15)23(19(17)24)31(26,27)14-10-8-13(28-2)9-11-14/h3-11H,1,12H2,2H3/b18-17+. The van der Waals surface area contributed by atoms with Crippen molar-refractivity contribution in [3.05, 3.63) is 71.7 Å². The molecule has 1 fully saturated rings. The van der Waals surface area contributed by atoms with Crippen LogP contribution < -0.4 is 9.04 Å². The number of benzene rings is 2. The van der Waals surface area contributed by atoms with Crippen molar-refractivity contribution in [2.75, 3.05) is 18.0 Å². The first-order valence-corrected chi connectivity index (χ1v) is 11.7. The molecule has 0 atom stereocenters. The second-order valence-corrected chi connectivity index (χ2v) is 9.97. The molecule has 0 N–H and O–H groups in total. The molecular weight excluding hydrogens is 456 g/mol. The molecule has 158 valence electrons. The molecule has 2 amide bonds. The summed E-state index contributed by atoms with van der Waals surface area (Å²) >= 11 is 6.25. The number of carbonyl (C=O) groups is 2. The molecule has 2 aliphatic heterocycles. The van der Waals surface area contributed by atoms with Crippen LogP contribution in [0.15, 0.2) is 71.0 Å². The number of hydrogen-bond donors (Lipinski definition) is 0. The largest absolute Gasteiger partial charge is 0.497 e. The lowest BCUT2D eigenvalue weighted by molar-refractivity contribution is -0.122. The maximum absolute atomic E-state index is 13.4. The van der Waals surface area contributed by atoms with Gasteiger partial charge in [0.05, 0.1) is 28.2 Å². The highest BCUT2D eigenvalue weighted by atomic mass is 32.2. The van der Waals surface area contributed by atoms with Crippen LogP contribution in [0.5, 0.6) is 5.75 Å². The lowest BCUT2D eigenvalue weighted by Gasteiger charge is -2.17. The number of thioether (sulfide) groups is 1. The Morgan fingerprint density at radius 2 is 1.77 bits per heavy atom. The van der Waals surface area contributed by atoms with Crippen molar-refractivity contribution in [1.82, 2.24) is 4.90 Å². The van der Waals surface area contributed by atoms with Crippen molar-refractivity contribution in [2.24, 2.45) is 0 Å². The van der Waals surface area contributed by atoms with Gasteiger partial charge in [-0.05, 0) is 30.3 Å². The van der Waals surface area contributed by atoms with Crippen molar-refractivity contribution in [1.29, 1.82) is 0 Å². The van der Waals surface area contributed by atoms with E-state index >= 15 is 0 Å². The van der Waals surface area contributed by atoms with Crippen molar-refractivity contribution in [3.8, 4) is 5.75 Å². The van der Waals surface area contributed by atoms with Crippen LogP contribution in [0.1, 0.15) is 5.56 Å². The summed E-state index contributed by atoms with van der Waals surface area (Å²) in [6, 6.07) is 12.2. The Kier molecular flexibility index (Phi) is 5.46. The number of hydrogen-bond acceptors (Lipinski definition) is 7. The minimum Gasteiger partial charge on any atom is -0.497 e.